The van der Waals surface area contributed by atoms with E-state index in [2.05, 4.69) is 16.4 Å². The lowest BCUT2D eigenvalue weighted by Gasteiger charge is -2.05. The molecule has 3 rings (SSSR count). The van der Waals surface area contributed by atoms with Gasteiger partial charge in [-0.05, 0) is 29.1 Å². The van der Waals surface area contributed by atoms with Crippen LogP contribution in [-0.2, 0) is 17.8 Å². The van der Waals surface area contributed by atoms with Gasteiger partial charge >= 0.3 is 0 Å². The molecule has 2 heterocycles. The Morgan fingerprint density at radius 2 is 2.10 bits per heavy atom. The Kier molecular flexibility index (Phi) is 3.74. The van der Waals surface area contributed by atoms with Crippen LogP contribution >= 0.6 is 11.3 Å². The van der Waals surface area contributed by atoms with Gasteiger partial charge < -0.3 is 5.32 Å². The summed E-state index contributed by atoms with van der Waals surface area (Å²) in [6.45, 7) is 0.516. The molecular formula is C16H14N2OS. The van der Waals surface area contributed by atoms with Crippen molar-refractivity contribution in [1.82, 2.24) is 10.3 Å². The van der Waals surface area contributed by atoms with Gasteiger partial charge in [-0.15, -0.1) is 11.3 Å². The summed E-state index contributed by atoms with van der Waals surface area (Å²) < 4.78 is 0. The Balaban J connectivity index is 1.63. The number of carbonyl (C=O) groups is 1. The molecule has 100 valence electrons. The molecule has 0 bridgehead atoms. The van der Waals surface area contributed by atoms with Crippen molar-refractivity contribution in [2.45, 2.75) is 13.0 Å². The molecule has 0 aliphatic carbocycles. The van der Waals surface area contributed by atoms with Crippen molar-refractivity contribution >= 4 is 28.1 Å². The van der Waals surface area contributed by atoms with Crippen molar-refractivity contribution in [2.75, 3.05) is 0 Å². The van der Waals surface area contributed by atoms with E-state index in [1.54, 1.807) is 11.3 Å². The predicted molar refractivity (Wildman–Crippen MR) is 81.6 cm³/mol. The van der Waals surface area contributed by atoms with Crippen LogP contribution in [0.15, 0.2) is 54.0 Å². The second kappa shape index (κ2) is 5.84. The van der Waals surface area contributed by atoms with Gasteiger partial charge in [-0.3, -0.25) is 9.78 Å². The van der Waals surface area contributed by atoms with Crippen molar-refractivity contribution in [3.8, 4) is 0 Å². The highest BCUT2D eigenvalue weighted by molar-refractivity contribution is 7.10. The molecule has 20 heavy (non-hydrogen) atoms. The Hall–Kier alpha value is -2.20. The summed E-state index contributed by atoms with van der Waals surface area (Å²) in [6.07, 6.45) is 2.26. The number of carbonyl (C=O) groups excluding carboxylic acids is 1. The third-order valence-electron chi connectivity index (χ3n) is 3.05. The maximum atomic E-state index is 11.8. The van der Waals surface area contributed by atoms with Gasteiger partial charge in [-0.1, -0.05) is 24.3 Å². The number of para-hydroxylation sites is 1. The van der Waals surface area contributed by atoms with Gasteiger partial charge in [-0.25, -0.2) is 0 Å². The number of hydrogen-bond donors (Lipinski definition) is 1. The van der Waals surface area contributed by atoms with E-state index in [4.69, 9.17) is 0 Å². The van der Waals surface area contributed by atoms with Crippen molar-refractivity contribution in [3.05, 3.63) is 64.5 Å². The predicted octanol–water partition coefficient (Wildman–Crippen LogP) is 3.16. The summed E-state index contributed by atoms with van der Waals surface area (Å²) in [5.74, 6) is 0.0422. The third-order valence-corrected chi connectivity index (χ3v) is 3.93. The van der Waals surface area contributed by atoms with Crippen molar-refractivity contribution in [1.29, 1.82) is 0 Å². The van der Waals surface area contributed by atoms with Crippen molar-refractivity contribution in [3.63, 3.8) is 0 Å². The molecule has 0 aliphatic heterocycles. The number of nitrogens with one attached hydrogen (secondary N) is 1. The third kappa shape index (κ3) is 3.03. The monoisotopic (exact) mass is 282 g/mol. The number of fused-ring (bicyclic) bond motifs is 1. The summed E-state index contributed by atoms with van der Waals surface area (Å²) in [6, 6.07) is 14.0. The van der Waals surface area contributed by atoms with Crippen LogP contribution in [0.1, 0.15) is 10.4 Å². The summed E-state index contributed by atoms with van der Waals surface area (Å²) in [4.78, 5) is 17.3. The molecule has 0 fully saturated rings. The fourth-order valence-electron chi connectivity index (χ4n) is 2.05. The van der Waals surface area contributed by atoms with Crippen molar-refractivity contribution < 1.29 is 4.79 Å². The molecule has 0 atom stereocenters. The van der Waals surface area contributed by atoms with E-state index in [1.165, 1.54) is 0 Å². The molecule has 0 saturated carbocycles. The van der Waals surface area contributed by atoms with E-state index in [-0.39, 0.29) is 5.91 Å². The number of amides is 1. The zero-order valence-electron chi connectivity index (χ0n) is 10.9. The van der Waals surface area contributed by atoms with Gasteiger partial charge in [0.1, 0.15) is 0 Å². The molecule has 1 aromatic carbocycles. The number of rotatable bonds is 4. The fourth-order valence-corrected chi connectivity index (χ4v) is 2.75. The lowest BCUT2D eigenvalue weighted by atomic mass is 10.1. The molecule has 0 radical (unpaired) electrons. The second-order valence-corrected chi connectivity index (χ2v) is 5.60. The highest BCUT2D eigenvalue weighted by Crippen LogP contribution is 2.13. The van der Waals surface area contributed by atoms with Gasteiger partial charge in [0.25, 0.3) is 0 Å². The molecule has 1 N–H and O–H groups in total. The highest BCUT2D eigenvalue weighted by Gasteiger charge is 2.04. The summed E-state index contributed by atoms with van der Waals surface area (Å²) in [5.41, 5.74) is 1.99. The first-order valence-corrected chi connectivity index (χ1v) is 7.32. The van der Waals surface area contributed by atoms with Gasteiger partial charge in [-0.2, -0.15) is 0 Å². The van der Waals surface area contributed by atoms with Gasteiger partial charge in [0, 0.05) is 23.0 Å². The van der Waals surface area contributed by atoms with Gasteiger partial charge in [0.15, 0.2) is 0 Å². The largest absolute Gasteiger partial charge is 0.352 e. The first-order chi connectivity index (χ1) is 9.81. The van der Waals surface area contributed by atoms with E-state index in [0.29, 0.717) is 13.0 Å². The molecule has 0 saturated heterocycles. The summed E-state index contributed by atoms with van der Waals surface area (Å²) in [7, 11) is 0. The average Bonchev–Trinajstić information content (AvgIpc) is 2.98. The van der Waals surface area contributed by atoms with Crippen LogP contribution < -0.4 is 5.32 Å². The number of hydrogen-bond acceptors (Lipinski definition) is 3. The molecule has 3 aromatic rings. The lowest BCUT2D eigenvalue weighted by Crippen LogP contribution is -2.24. The molecule has 0 unspecified atom stereocenters. The van der Waals surface area contributed by atoms with Crippen LogP contribution in [0, 0.1) is 0 Å². The highest BCUT2D eigenvalue weighted by atomic mass is 32.1. The van der Waals surface area contributed by atoms with Crippen LogP contribution in [0.2, 0.25) is 0 Å². The number of aromatic nitrogens is 1. The zero-order chi connectivity index (χ0) is 13.8. The van der Waals surface area contributed by atoms with Crippen LogP contribution in [0.3, 0.4) is 0 Å². The summed E-state index contributed by atoms with van der Waals surface area (Å²) in [5, 5.41) is 6.01. The van der Waals surface area contributed by atoms with E-state index in [9.17, 15) is 4.79 Å². The quantitative estimate of drug-likeness (QED) is 0.798. The van der Waals surface area contributed by atoms with E-state index in [1.807, 2.05) is 48.0 Å². The maximum Gasteiger partial charge on any atom is 0.225 e. The van der Waals surface area contributed by atoms with Gasteiger partial charge in [0.2, 0.25) is 5.91 Å². The molecule has 3 nitrogen and oxygen atoms in total. The summed E-state index contributed by atoms with van der Waals surface area (Å²) >= 11 is 1.60. The Morgan fingerprint density at radius 1 is 1.20 bits per heavy atom. The molecule has 2 aromatic heterocycles. The first-order valence-electron chi connectivity index (χ1n) is 6.44. The standard InChI is InChI=1S/C16H14N2OS/c19-16(9-14-5-3-7-20-14)18-11-12-8-13-4-1-2-6-15(13)17-10-12/h1-8,10H,9,11H2,(H,18,19). The Bertz CT molecular complexity index is 722. The normalized spacial score (nSPS) is 10.6. The number of thiophene rings is 1. The molecule has 1 amide bonds. The first kappa shape index (κ1) is 12.8. The second-order valence-electron chi connectivity index (χ2n) is 4.57. The minimum atomic E-state index is 0.0422. The van der Waals surface area contributed by atoms with Crippen molar-refractivity contribution in [2.24, 2.45) is 0 Å². The van der Waals surface area contributed by atoms with Crippen LogP contribution in [-0.4, -0.2) is 10.9 Å². The fraction of sp³-hybridized carbons (Fsp3) is 0.125. The minimum absolute atomic E-state index is 0.0422. The number of nitrogens with zero attached hydrogens (tertiary/aromatic N) is 1. The van der Waals surface area contributed by atoms with E-state index >= 15 is 0 Å². The van der Waals surface area contributed by atoms with Crippen LogP contribution in [0.25, 0.3) is 10.9 Å². The van der Waals surface area contributed by atoms with Gasteiger partial charge in [0.05, 0.1) is 11.9 Å². The topological polar surface area (TPSA) is 42.0 Å². The lowest BCUT2D eigenvalue weighted by molar-refractivity contribution is -0.120. The van der Waals surface area contributed by atoms with Crippen LogP contribution in [0.5, 0.6) is 0 Å². The number of pyridine rings is 1. The molecule has 4 heteroatoms. The SMILES string of the molecule is O=C(Cc1cccs1)NCc1cnc2ccccc2c1. The minimum Gasteiger partial charge on any atom is -0.352 e. The maximum absolute atomic E-state index is 11.8. The van der Waals surface area contributed by atoms with E-state index in [0.717, 1.165) is 21.3 Å². The number of benzene rings is 1. The average molecular weight is 282 g/mol. The smallest absolute Gasteiger partial charge is 0.225 e. The Morgan fingerprint density at radius 3 is 2.95 bits per heavy atom. The molecular weight excluding hydrogens is 268 g/mol. The molecule has 0 aliphatic rings. The Labute approximate surface area is 121 Å². The van der Waals surface area contributed by atoms with Crippen LogP contribution in [0.4, 0.5) is 0 Å². The molecule has 0 spiro atoms. The zero-order valence-corrected chi connectivity index (χ0v) is 11.7. The van der Waals surface area contributed by atoms with E-state index < -0.39 is 0 Å².